The molecule has 0 saturated carbocycles. The van der Waals surface area contributed by atoms with E-state index >= 15 is 0 Å². The smallest absolute Gasteiger partial charge is 0.226 e. The topological polar surface area (TPSA) is 26.0 Å². The van der Waals surface area contributed by atoms with Crippen LogP contribution in [0.5, 0.6) is 0 Å². The van der Waals surface area contributed by atoms with Gasteiger partial charge in [0.2, 0.25) is 5.89 Å². The normalized spacial score (nSPS) is 14.1. The highest BCUT2D eigenvalue weighted by Crippen LogP contribution is 2.27. The van der Waals surface area contributed by atoms with E-state index in [1.807, 2.05) is 18.2 Å². The molecule has 0 amide bonds. The fraction of sp³-hybridized carbons (Fsp3) is 0.133. The van der Waals surface area contributed by atoms with Crippen LogP contribution in [0.25, 0.3) is 17.0 Å². The first kappa shape index (κ1) is 10.1. The summed E-state index contributed by atoms with van der Waals surface area (Å²) in [5.41, 5.74) is 3.45. The van der Waals surface area contributed by atoms with Gasteiger partial charge in [-0.05, 0) is 25.5 Å². The van der Waals surface area contributed by atoms with Crippen molar-refractivity contribution in [3.05, 3.63) is 60.0 Å². The van der Waals surface area contributed by atoms with Gasteiger partial charge in [0.1, 0.15) is 0 Å². The maximum Gasteiger partial charge on any atom is 0.226 e. The zero-order chi connectivity index (χ0) is 11.7. The lowest BCUT2D eigenvalue weighted by molar-refractivity contribution is 0.559. The van der Waals surface area contributed by atoms with Crippen LogP contribution < -0.4 is 0 Å². The largest absolute Gasteiger partial charge is 0.436 e. The molecule has 2 nitrogen and oxygen atoms in total. The van der Waals surface area contributed by atoms with Crippen LogP contribution in [-0.2, 0) is 0 Å². The Balaban J connectivity index is 1.92. The first-order chi connectivity index (χ1) is 8.33. The van der Waals surface area contributed by atoms with Crippen molar-refractivity contribution in [2.24, 2.45) is 0 Å². The molecule has 0 radical (unpaired) electrons. The molecule has 0 unspecified atom stereocenters. The zero-order valence-corrected chi connectivity index (χ0v) is 9.68. The number of benzene rings is 1. The molecule has 17 heavy (non-hydrogen) atoms. The SMILES string of the molecule is Cc1ccc(-c2ncc(C3=CC=CC3)o2)cc1. The molecular weight excluding hydrogens is 210 g/mol. The second-order valence-corrected chi connectivity index (χ2v) is 4.22. The highest BCUT2D eigenvalue weighted by molar-refractivity contribution is 5.68. The summed E-state index contributed by atoms with van der Waals surface area (Å²) in [4.78, 5) is 4.33. The number of aromatic nitrogens is 1. The van der Waals surface area contributed by atoms with Gasteiger partial charge in [-0.15, -0.1) is 0 Å². The lowest BCUT2D eigenvalue weighted by Crippen LogP contribution is -1.77. The maximum absolute atomic E-state index is 5.77. The third-order valence-electron chi connectivity index (χ3n) is 2.89. The molecule has 1 heterocycles. The van der Waals surface area contributed by atoms with E-state index in [0.29, 0.717) is 5.89 Å². The van der Waals surface area contributed by atoms with E-state index in [4.69, 9.17) is 4.42 Å². The van der Waals surface area contributed by atoms with Crippen molar-refractivity contribution in [2.75, 3.05) is 0 Å². The second-order valence-electron chi connectivity index (χ2n) is 4.22. The van der Waals surface area contributed by atoms with Crippen molar-refractivity contribution in [1.82, 2.24) is 4.98 Å². The minimum atomic E-state index is 0.688. The molecule has 1 aliphatic carbocycles. The predicted octanol–water partition coefficient (Wildman–Crippen LogP) is 3.99. The summed E-state index contributed by atoms with van der Waals surface area (Å²) in [7, 11) is 0. The van der Waals surface area contributed by atoms with Gasteiger partial charge in [0, 0.05) is 11.1 Å². The average Bonchev–Trinajstić information content (AvgIpc) is 3.00. The van der Waals surface area contributed by atoms with Crippen LogP contribution >= 0.6 is 0 Å². The van der Waals surface area contributed by atoms with Crippen LogP contribution in [-0.4, -0.2) is 4.98 Å². The van der Waals surface area contributed by atoms with Crippen molar-refractivity contribution in [3.8, 4) is 11.5 Å². The summed E-state index contributed by atoms with van der Waals surface area (Å²) < 4.78 is 5.77. The molecule has 1 aromatic carbocycles. The van der Waals surface area contributed by atoms with Crippen LogP contribution in [0, 0.1) is 6.92 Å². The van der Waals surface area contributed by atoms with Gasteiger partial charge in [-0.25, -0.2) is 4.98 Å². The minimum Gasteiger partial charge on any atom is -0.436 e. The van der Waals surface area contributed by atoms with E-state index in [9.17, 15) is 0 Å². The van der Waals surface area contributed by atoms with E-state index in [0.717, 1.165) is 17.7 Å². The number of allylic oxidation sites excluding steroid dienone is 4. The van der Waals surface area contributed by atoms with E-state index in [1.54, 1.807) is 6.20 Å². The quantitative estimate of drug-likeness (QED) is 0.769. The van der Waals surface area contributed by atoms with E-state index < -0.39 is 0 Å². The minimum absolute atomic E-state index is 0.688. The first-order valence-corrected chi connectivity index (χ1v) is 5.72. The lowest BCUT2D eigenvalue weighted by Gasteiger charge is -1.97. The Labute approximate surface area is 100 Å². The Morgan fingerprint density at radius 2 is 2.00 bits per heavy atom. The summed E-state index contributed by atoms with van der Waals surface area (Å²) in [5.74, 6) is 1.55. The Bertz CT molecular complexity index is 588. The molecular formula is C15H13NO. The first-order valence-electron chi connectivity index (χ1n) is 5.72. The van der Waals surface area contributed by atoms with E-state index in [1.165, 1.54) is 11.1 Å². The Kier molecular flexibility index (Phi) is 2.41. The van der Waals surface area contributed by atoms with E-state index in [2.05, 4.69) is 36.2 Å². The second kappa shape index (κ2) is 4.06. The van der Waals surface area contributed by atoms with E-state index in [-0.39, 0.29) is 0 Å². The molecule has 0 N–H and O–H groups in total. The van der Waals surface area contributed by atoms with Crippen LogP contribution in [0.1, 0.15) is 17.7 Å². The van der Waals surface area contributed by atoms with Crippen molar-refractivity contribution < 1.29 is 4.42 Å². The van der Waals surface area contributed by atoms with Gasteiger partial charge >= 0.3 is 0 Å². The Morgan fingerprint density at radius 1 is 1.18 bits per heavy atom. The van der Waals surface area contributed by atoms with Crippen LogP contribution in [0.15, 0.2) is 53.1 Å². The number of aryl methyl sites for hydroxylation is 1. The molecule has 0 fully saturated rings. The van der Waals surface area contributed by atoms with Crippen LogP contribution in [0.3, 0.4) is 0 Å². The molecule has 2 heteroatoms. The summed E-state index contributed by atoms with van der Waals surface area (Å²) in [6.07, 6.45) is 8.96. The fourth-order valence-corrected chi connectivity index (χ4v) is 1.88. The molecule has 84 valence electrons. The number of nitrogens with zero attached hydrogens (tertiary/aromatic N) is 1. The molecule has 0 atom stereocenters. The third-order valence-corrected chi connectivity index (χ3v) is 2.89. The summed E-state index contributed by atoms with van der Waals surface area (Å²) in [6.45, 7) is 2.07. The van der Waals surface area contributed by atoms with Gasteiger partial charge in [-0.3, -0.25) is 0 Å². The van der Waals surface area contributed by atoms with Crippen molar-refractivity contribution >= 4 is 5.57 Å². The van der Waals surface area contributed by atoms with Crippen LogP contribution in [0.4, 0.5) is 0 Å². The molecule has 0 bridgehead atoms. The van der Waals surface area contributed by atoms with Crippen molar-refractivity contribution in [3.63, 3.8) is 0 Å². The monoisotopic (exact) mass is 223 g/mol. The fourth-order valence-electron chi connectivity index (χ4n) is 1.88. The molecule has 0 saturated heterocycles. The van der Waals surface area contributed by atoms with Crippen molar-refractivity contribution in [2.45, 2.75) is 13.3 Å². The van der Waals surface area contributed by atoms with Gasteiger partial charge in [-0.1, -0.05) is 35.9 Å². The maximum atomic E-state index is 5.77. The zero-order valence-electron chi connectivity index (χ0n) is 9.68. The molecule has 0 spiro atoms. The summed E-state index contributed by atoms with van der Waals surface area (Å²) in [5, 5.41) is 0. The number of oxazole rings is 1. The molecule has 2 aromatic rings. The van der Waals surface area contributed by atoms with Gasteiger partial charge < -0.3 is 4.42 Å². The Hall–Kier alpha value is -2.09. The van der Waals surface area contributed by atoms with Gasteiger partial charge in [0.05, 0.1) is 6.20 Å². The summed E-state index contributed by atoms with van der Waals surface area (Å²) >= 11 is 0. The third kappa shape index (κ3) is 1.94. The molecule has 1 aliphatic rings. The molecule has 0 aliphatic heterocycles. The average molecular weight is 223 g/mol. The van der Waals surface area contributed by atoms with Crippen LogP contribution in [0.2, 0.25) is 0 Å². The highest BCUT2D eigenvalue weighted by Gasteiger charge is 2.10. The summed E-state index contributed by atoms with van der Waals surface area (Å²) in [6, 6.07) is 8.20. The van der Waals surface area contributed by atoms with Gasteiger partial charge in [-0.2, -0.15) is 0 Å². The number of rotatable bonds is 2. The van der Waals surface area contributed by atoms with Gasteiger partial charge in [0.15, 0.2) is 5.76 Å². The number of hydrogen-bond donors (Lipinski definition) is 0. The van der Waals surface area contributed by atoms with Crippen molar-refractivity contribution in [1.29, 1.82) is 0 Å². The lowest BCUT2D eigenvalue weighted by atomic mass is 10.1. The standard InChI is InChI=1S/C15H13NO/c1-11-6-8-13(9-7-11)15-16-10-14(17-15)12-4-2-3-5-12/h2-4,6-10H,5H2,1H3. The van der Waals surface area contributed by atoms with Gasteiger partial charge in [0.25, 0.3) is 0 Å². The molecule has 3 rings (SSSR count). The Morgan fingerprint density at radius 3 is 2.71 bits per heavy atom. The number of hydrogen-bond acceptors (Lipinski definition) is 2. The highest BCUT2D eigenvalue weighted by atomic mass is 16.4. The molecule has 1 aromatic heterocycles. The predicted molar refractivity (Wildman–Crippen MR) is 68.4 cm³/mol.